The molecule has 0 aliphatic heterocycles. The molecule has 0 unspecified atom stereocenters. The molecule has 40 heavy (non-hydrogen) atoms. The number of aromatic nitrogens is 1. The Balaban J connectivity index is 0.00000560. The van der Waals surface area contributed by atoms with E-state index in [2.05, 4.69) is 41.4 Å². The number of para-hydroxylation sites is 2. The first-order valence-electron chi connectivity index (χ1n) is 14.8. The van der Waals surface area contributed by atoms with Crippen molar-refractivity contribution in [3.05, 3.63) is 75.2 Å². The van der Waals surface area contributed by atoms with Gasteiger partial charge in [0.25, 0.3) is 0 Å². The number of ether oxygens (including phenoxy) is 1. The number of carbonyl (C=O) groups is 1. The second-order valence-electron chi connectivity index (χ2n) is 10.4. The van der Waals surface area contributed by atoms with Gasteiger partial charge >= 0.3 is 0 Å². The van der Waals surface area contributed by atoms with E-state index in [1.54, 1.807) is 11.3 Å². The Hall–Kier alpha value is -1.89. The molecular weight excluding hydrogens is 604 g/mol. The monoisotopic (exact) mass is 648 g/mol. The number of carbonyl (C=O) groups excluding carboxylic acids is 1. The zero-order valence-electron chi connectivity index (χ0n) is 24.2. The Bertz CT molecular complexity index is 1140. The summed E-state index contributed by atoms with van der Waals surface area (Å²) in [5.41, 5.74) is 2.73. The first kappa shape index (κ1) is 34.3. The summed E-state index contributed by atoms with van der Waals surface area (Å²) in [6, 6.07) is 13.6. The molecule has 0 aliphatic carbocycles. The highest BCUT2D eigenvalue weighted by molar-refractivity contribution is 7.09. The van der Waals surface area contributed by atoms with Crippen molar-refractivity contribution in [2.24, 2.45) is 0 Å². The first-order valence-corrected chi connectivity index (χ1v) is 16.1. The fraction of sp³-hybridized carbons (Fsp3) is 0.515. The lowest BCUT2D eigenvalue weighted by Crippen LogP contribution is -3.00. The molecule has 0 saturated heterocycles. The fourth-order valence-electron chi connectivity index (χ4n) is 4.84. The molecule has 1 N–H and O–H groups in total. The summed E-state index contributed by atoms with van der Waals surface area (Å²) in [6.07, 6.45) is 18.0. The van der Waals surface area contributed by atoms with Gasteiger partial charge in [0.15, 0.2) is 12.7 Å². The molecule has 220 valence electrons. The lowest BCUT2D eigenvalue weighted by molar-refractivity contribution is -0.689. The number of anilines is 1. The molecule has 0 bridgehead atoms. The number of nitrogens with one attached hydrogen (secondary N) is 1. The molecule has 3 aromatic rings. The van der Waals surface area contributed by atoms with Gasteiger partial charge in [0.2, 0.25) is 10.9 Å². The lowest BCUT2D eigenvalue weighted by atomic mass is 10.1. The van der Waals surface area contributed by atoms with Crippen LogP contribution < -0.4 is 31.6 Å². The summed E-state index contributed by atoms with van der Waals surface area (Å²) in [4.78, 5) is 13.0. The Morgan fingerprint density at radius 3 is 2.15 bits per heavy atom. The molecule has 0 saturated carbocycles. The molecule has 1 aromatic heterocycles. The van der Waals surface area contributed by atoms with Crippen molar-refractivity contribution in [1.29, 1.82) is 0 Å². The van der Waals surface area contributed by atoms with Crippen molar-refractivity contribution >= 4 is 34.5 Å². The molecule has 0 spiro atoms. The molecule has 0 fully saturated rings. The van der Waals surface area contributed by atoms with Gasteiger partial charge in [0, 0.05) is 18.1 Å². The highest BCUT2D eigenvalue weighted by Crippen LogP contribution is 2.30. The van der Waals surface area contributed by atoms with Crippen LogP contribution in [-0.4, -0.2) is 12.5 Å². The molecule has 1 heterocycles. The van der Waals surface area contributed by atoms with Crippen molar-refractivity contribution in [3.63, 3.8) is 0 Å². The number of halogens is 2. The third-order valence-corrected chi connectivity index (χ3v) is 8.29. The van der Waals surface area contributed by atoms with Gasteiger partial charge < -0.3 is 27.0 Å². The number of aryl methyl sites for hydroxylation is 1. The van der Waals surface area contributed by atoms with Gasteiger partial charge in [0.05, 0.1) is 29.1 Å². The normalized spacial score (nSPS) is 10.8. The van der Waals surface area contributed by atoms with Gasteiger partial charge in [0.1, 0.15) is 5.75 Å². The van der Waals surface area contributed by atoms with Crippen molar-refractivity contribution < 1.29 is 31.1 Å². The molecule has 7 heteroatoms. The van der Waals surface area contributed by atoms with Gasteiger partial charge in [-0.2, -0.15) is 4.57 Å². The van der Waals surface area contributed by atoms with E-state index in [-0.39, 0.29) is 29.3 Å². The largest absolute Gasteiger partial charge is 1.00 e. The summed E-state index contributed by atoms with van der Waals surface area (Å²) in [6.45, 7) is 5.71. The van der Waals surface area contributed by atoms with Crippen molar-refractivity contribution in [2.75, 3.05) is 11.9 Å². The molecule has 0 aliphatic rings. The SMILES string of the molecule is CCCCCCCCCCCCCCOc1c(Cl)cccc1CC(=O)Nc1ccccc1C[n+]1ccsc1C.[Br-]. The maximum atomic E-state index is 13.0. The molecule has 0 radical (unpaired) electrons. The van der Waals surface area contributed by atoms with E-state index < -0.39 is 0 Å². The van der Waals surface area contributed by atoms with Crippen LogP contribution in [0.3, 0.4) is 0 Å². The second-order valence-corrected chi connectivity index (χ2v) is 11.9. The van der Waals surface area contributed by atoms with Crippen molar-refractivity contribution in [2.45, 2.75) is 104 Å². The minimum atomic E-state index is -0.0769. The highest BCUT2D eigenvalue weighted by atomic mass is 79.9. The van der Waals surface area contributed by atoms with Crippen LogP contribution in [0.5, 0.6) is 5.75 Å². The number of nitrogens with zero attached hydrogens (tertiary/aromatic N) is 1. The highest BCUT2D eigenvalue weighted by Gasteiger charge is 2.16. The van der Waals surface area contributed by atoms with Gasteiger partial charge in [-0.1, -0.05) is 131 Å². The van der Waals surface area contributed by atoms with E-state index in [1.165, 1.54) is 69.2 Å². The van der Waals surface area contributed by atoms with Crippen LogP contribution in [-0.2, 0) is 17.8 Å². The predicted octanol–water partition coefficient (Wildman–Crippen LogP) is 6.31. The number of thiazole rings is 1. The average molecular weight is 650 g/mol. The van der Waals surface area contributed by atoms with Crippen LogP contribution in [0.2, 0.25) is 5.02 Å². The summed E-state index contributed by atoms with van der Waals surface area (Å²) in [5, 5.41) is 6.97. The molecule has 3 rings (SSSR count). The van der Waals surface area contributed by atoms with E-state index in [0.717, 1.165) is 36.2 Å². The number of hydrogen-bond acceptors (Lipinski definition) is 3. The van der Waals surface area contributed by atoms with Crippen LogP contribution in [0, 0.1) is 6.92 Å². The molecular formula is C33H46BrClN2O2S. The van der Waals surface area contributed by atoms with E-state index >= 15 is 0 Å². The van der Waals surface area contributed by atoms with Gasteiger partial charge in [-0.25, -0.2) is 0 Å². The Kier molecular flexibility index (Phi) is 17.2. The smallest absolute Gasteiger partial charge is 0.234 e. The van der Waals surface area contributed by atoms with Crippen molar-refractivity contribution in [3.8, 4) is 5.75 Å². The average Bonchev–Trinajstić information content (AvgIpc) is 3.33. The molecule has 2 aromatic carbocycles. The van der Waals surface area contributed by atoms with E-state index in [0.29, 0.717) is 17.4 Å². The first-order chi connectivity index (χ1) is 19.1. The van der Waals surface area contributed by atoms with Crippen molar-refractivity contribution in [1.82, 2.24) is 0 Å². The molecule has 4 nitrogen and oxygen atoms in total. The molecule has 1 amide bonds. The second kappa shape index (κ2) is 20.1. The summed E-state index contributed by atoms with van der Waals surface area (Å²) < 4.78 is 8.29. The summed E-state index contributed by atoms with van der Waals surface area (Å²) in [7, 11) is 0. The van der Waals surface area contributed by atoms with Gasteiger partial charge in [-0.3, -0.25) is 4.79 Å². The number of amides is 1. The van der Waals surface area contributed by atoms with Crippen LogP contribution in [0.25, 0.3) is 0 Å². The number of unbranched alkanes of at least 4 members (excludes halogenated alkanes) is 11. The third-order valence-electron chi connectivity index (χ3n) is 7.16. The van der Waals surface area contributed by atoms with Crippen LogP contribution in [0.1, 0.15) is 100 Å². The number of hydrogen-bond donors (Lipinski definition) is 1. The Labute approximate surface area is 261 Å². The minimum absolute atomic E-state index is 0. The quantitative estimate of drug-likeness (QED) is 0.122. The Morgan fingerprint density at radius 1 is 0.875 bits per heavy atom. The van der Waals surface area contributed by atoms with Crippen LogP contribution in [0.4, 0.5) is 5.69 Å². The third kappa shape index (κ3) is 12.3. The topological polar surface area (TPSA) is 42.2 Å². The summed E-state index contributed by atoms with van der Waals surface area (Å²) >= 11 is 8.20. The van der Waals surface area contributed by atoms with Gasteiger partial charge in [-0.05, 0) is 18.6 Å². The van der Waals surface area contributed by atoms with E-state index in [1.807, 2.05) is 36.4 Å². The zero-order valence-corrected chi connectivity index (χ0v) is 27.4. The Morgan fingerprint density at radius 2 is 1.50 bits per heavy atom. The van der Waals surface area contributed by atoms with E-state index in [9.17, 15) is 4.79 Å². The predicted molar refractivity (Wildman–Crippen MR) is 165 cm³/mol. The lowest BCUT2D eigenvalue weighted by Gasteiger charge is -2.14. The zero-order chi connectivity index (χ0) is 27.7. The van der Waals surface area contributed by atoms with Gasteiger partial charge in [-0.15, -0.1) is 0 Å². The maximum Gasteiger partial charge on any atom is 0.234 e. The van der Waals surface area contributed by atoms with Crippen LogP contribution >= 0.6 is 22.9 Å². The maximum absolute atomic E-state index is 13.0. The number of rotatable bonds is 19. The number of benzene rings is 2. The summed E-state index contributed by atoms with van der Waals surface area (Å²) in [5.74, 6) is 0.557. The fourth-order valence-corrected chi connectivity index (χ4v) is 5.76. The standard InChI is InChI=1S/C33H45ClN2O2S.BrH/c1-3-4-5-6-7-8-9-10-11-12-13-16-23-38-33-28(19-17-20-30(33)34)25-32(37)35-31-21-15-14-18-29(31)26-36-22-24-39-27(36)2;/h14-15,17-22,24H,3-13,16,23,25-26H2,1-2H3;1H. The van der Waals surface area contributed by atoms with E-state index in [4.69, 9.17) is 16.3 Å². The molecule has 0 atom stereocenters. The van der Waals surface area contributed by atoms with Crippen LogP contribution in [0.15, 0.2) is 54.0 Å². The minimum Gasteiger partial charge on any atom is -1.00 e.